The highest BCUT2D eigenvalue weighted by Crippen LogP contribution is 2.34. The van der Waals surface area contributed by atoms with Crippen molar-refractivity contribution in [3.05, 3.63) is 47.7 Å². The Bertz CT molecular complexity index is 371. The molecule has 4 nitrogen and oxygen atoms in total. The number of benzene rings is 1. The maximum Gasteiger partial charge on any atom is 0.250 e. The van der Waals surface area contributed by atoms with Gasteiger partial charge >= 0.3 is 0 Å². The molecule has 80 valence electrons. The highest BCUT2D eigenvalue weighted by molar-refractivity contribution is 5.23. The molecule has 0 aliphatic carbocycles. The molecule has 2 N–H and O–H groups in total. The molecule has 1 aliphatic heterocycles. The predicted octanol–water partition coefficient (Wildman–Crippen LogP) is 1.80. The first-order valence-electron chi connectivity index (χ1n) is 4.75. The van der Waals surface area contributed by atoms with Gasteiger partial charge in [0.15, 0.2) is 0 Å². The first-order chi connectivity index (χ1) is 7.13. The van der Waals surface area contributed by atoms with Crippen molar-refractivity contribution in [3.8, 4) is 0 Å². The molecule has 0 unspecified atom stereocenters. The van der Waals surface area contributed by atoms with E-state index in [2.05, 4.69) is 0 Å². The Labute approximate surface area is 88.7 Å². The zero-order valence-electron chi connectivity index (χ0n) is 8.75. The number of rotatable bonds is 1. The van der Waals surface area contributed by atoms with Gasteiger partial charge in [0.25, 0.3) is 11.8 Å². The predicted molar refractivity (Wildman–Crippen MR) is 57.0 cm³/mol. The molecule has 0 amide bonds. The van der Waals surface area contributed by atoms with Crippen LogP contribution in [0.25, 0.3) is 0 Å². The Kier molecular flexibility index (Phi) is 2.19. The molecule has 2 rings (SSSR count). The van der Waals surface area contributed by atoms with Crippen LogP contribution in [0, 0.1) is 0 Å². The van der Waals surface area contributed by atoms with Crippen molar-refractivity contribution in [2.45, 2.75) is 6.17 Å². The highest BCUT2D eigenvalue weighted by Gasteiger charge is 2.34. The molecule has 0 spiro atoms. The first-order valence-corrected chi connectivity index (χ1v) is 4.75. The Balaban J connectivity index is 2.35. The van der Waals surface area contributed by atoms with Crippen LogP contribution in [0.1, 0.15) is 11.7 Å². The van der Waals surface area contributed by atoms with Gasteiger partial charge in [-0.15, -0.1) is 0 Å². The summed E-state index contributed by atoms with van der Waals surface area (Å²) in [5.41, 5.74) is 1.03. The van der Waals surface area contributed by atoms with Gasteiger partial charge in [0.1, 0.15) is 6.17 Å². The second kappa shape index (κ2) is 3.38. The maximum absolute atomic E-state index is 9.58. The van der Waals surface area contributed by atoms with Gasteiger partial charge in [0, 0.05) is 14.1 Å². The van der Waals surface area contributed by atoms with Crippen LogP contribution >= 0.6 is 0 Å². The largest absolute Gasteiger partial charge is 0.491 e. The lowest BCUT2D eigenvalue weighted by atomic mass is 10.1. The molecular formula is C11H14N2O2. The standard InChI is InChI=1S/C11H14N2O2/c1-12-9(8-6-4-3-5-7-8)13(2)11(15)10(12)14/h3-7,9,14-15H,1-2H3. The van der Waals surface area contributed by atoms with Gasteiger partial charge in [-0.05, 0) is 5.56 Å². The van der Waals surface area contributed by atoms with E-state index < -0.39 is 0 Å². The summed E-state index contributed by atoms with van der Waals surface area (Å²) in [6, 6.07) is 9.73. The third kappa shape index (κ3) is 1.38. The number of nitrogens with zero attached hydrogens (tertiary/aromatic N) is 2. The van der Waals surface area contributed by atoms with Crippen LogP contribution in [-0.2, 0) is 0 Å². The van der Waals surface area contributed by atoms with E-state index in [1.54, 1.807) is 23.9 Å². The number of hydrogen-bond donors (Lipinski definition) is 2. The smallest absolute Gasteiger partial charge is 0.250 e. The van der Waals surface area contributed by atoms with Crippen molar-refractivity contribution in [3.63, 3.8) is 0 Å². The average Bonchev–Trinajstić information content (AvgIpc) is 2.45. The van der Waals surface area contributed by atoms with Crippen molar-refractivity contribution in [2.75, 3.05) is 14.1 Å². The summed E-state index contributed by atoms with van der Waals surface area (Å²) in [7, 11) is 3.49. The molecule has 0 saturated heterocycles. The molecule has 1 aromatic carbocycles. The van der Waals surface area contributed by atoms with Crippen LogP contribution < -0.4 is 0 Å². The minimum absolute atomic E-state index is 0.0913. The monoisotopic (exact) mass is 206 g/mol. The molecule has 0 radical (unpaired) electrons. The Morgan fingerprint density at radius 3 is 1.87 bits per heavy atom. The Morgan fingerprint density at radius 1 is 0.933 bits per heavy atom. The maximum atomic E-state index is 9.58. The van der Waals surface area contributed by atoms with Crippen molar-refractivity contribution < 1.29 is 10.2 Å². The third-order valence-corrected chi connectivity index (χ3v) is 2.70. The summed E-state index contributed by atoms with van der Waals surface area (Å²) < 4.78 is 0. The van der Waals surface area contributed by atoms with Crippen molar-refractivity contribution in [1.29, 1.82) is 0 Å². The molecule has 1 aliphatic rings. The normalized spacial score (nSPS) is 17.7. The van der Waals surface area contributed by atoms with Gasteiger partial charge < -0.3 is 20.0 Å². The van der Waals surface area contributed by atoms with E-state index in [-0.39, 0.29) is 17.9 Å². The first kappa shape index (κ1) is 9.71. The molecule has 0 aromatic heterocycles. The Morgan fingerprint density at radius 2 is 1.40 bits per heavy atom. The molecule has 1 aromatic rings. The van der Waals surface area contributed by atoms with Crippen LogP contribution in [0.15, 0.2) is 42.1 Å². The molecule has 4 heteroatoms. The van der Waals surface area contributed by atoms with Crippen molar-refractivity contribution >= 4 is 0 Å². The van der Waals surface area contributed by atoms with E-state index in [1.165, 1.54) is 0 Å². The molecule has 0 atom stereocenters. The zero-order valence-corrected chi connectivity index (χ0v) is 8.75. The van der Waals surface area contributed by atoms with Gasteiger partial charge in [0.05, 0.1) is 0 Å². The summed E-state index contributed by atoms with van der Waals surface area (Å²) in [4.78, 5) is 3.26. The third-order valence-electron chi connectivity index (χ3n) is 2.70. The van der Waals surface area contributed by atoms with Gasteiger partial charge in [0.2, 0.25) is 0 Å². The topological polar surface area (TPSA) is 46.9 Å². The average molecular weight is 206 g/mol. The number of aliphatic hydroxyl groups is 2. The molecule has 0 fully saturated rings. The van der Waals surface area contributed by atoms with Crippen LogP contribution in [0.5, 0.6) is 0 Å². The van der Waals surface area contributed by atoms with Crippen LogP contribution in [0.3, 0.4) is 0 Å². The quantitative estimate of drug-likeness (QED) is 0.735. The number of hydrogen-bond acceptors (Lipinski definition) is 4. The van der Waals surface area contributed by atoms with E-state index in [1.807, 2.05) is 30.3 Å². The fourth-order valence-electron chi connectivity index (χ4n) is 1.88. The second-order valence-corrected chi connectivity index (χ2v) is 3.65. The molecule has 15 heavy (non-hydrogen) atoms. The molecule has 0 bridgehead atoms. The summed E-state index contributed by atoms with van der Waals surface area (Å²) >= 11 is 0. The zero-order chi connectivity index (χ0) is 11.0. The highest BCUT2D eigenvalue weighted by atomic mass is 16.3. The van der Waals surface area contributed by atoms with Crippen LogP contribution in [-0.4, -0.2) is 34.1 Å². The van der Waals surface area contributed by atoms with E-state index in [0.29, 0.717) is 0 Å². The Hall–Kier alpha value is -1.84. The summed E-state index contributed by atoms with van der Waals surface area (Å²) in [5, 5.41) is 19.2. The van der Waals surface area contributed by atoms with Gasteiger partial charge in [-0.2, -0.15) is 0 Å². The van der Waals surface area contributed by atoms with Gasteiger partial charge in [-0.1, -0.05) is 30.3 Å². The fraction of sp³-hybridized carbons (Fsp3) is 0.273. The molecular weight excluding hydrogens is 192 g/mol. The lowest BCUT2D eigenvalue weighted by Crippen LogP contribution is -2.27. The summed E-state index contributed by atoms with van der Waals surface area (Å²) in [6.07, 6.45) is -0.147. The minimum Gasteiger partial charge on any atom is -0.491 e. The van der Waals surface area contributed by atoms with E-state index in [0.717, 1.165) is 5.56 Å². The van der Waals surface area contributed by atoms with Crippen molar-refractivity contribution in [1.82, 2.24) is 9.80 Å². The lowest BCUT2D eigenvalue weighted by molar-refractivity contribution is 0.132. The number of aliphatic hydroxyl groups excluding tert-OH is 2. The second-order valence-electron chi connectivity index (χ2n) is 3.65. The lowest BCUT2D eigenvalue weighted by Gasteiger charge is -2.27. The summed E-state index contributed by atoms with van der Waals surface area (Å²) in [5.74, 6) is -0.183. The molecule has 1 heterocycles. The molecule has 0 saturated carbocycles. The van der Waals surface area contributed by atoms with E-state index >= 15 is 0 Å². The fourth-order valence-corrected chi connectivity index (χ4v) is 1.88. The summed E-state index contributed by atoms with van der Waals surface area (Å²) in [6.45, 7) is 0. The van der Waals surface area contributed by atoms with Crippen LogP contribution in [0.2, 0.25) is 0 Å². The van der Waals surface area contributed by atoms with E-state index in [9.17, 15) is 10.2 Å². The van der Waals surface area contributed by atoms with Crippen LogP contribution in [0.4, 0.5) is 0 Å². The van der Waals surface area contributed by atoms with Gasteiger partial charge in [-0.3, -0.25) is 0 Å². The van der Waals surface area contributed by atoms with Gasteiger partial charge in [-0.25, -0.2) is 0 Å². The SMILES string of the molecule is CN1C(O)=C(O)N(C)C1c1ccccc1. The van der Waals surface area contributed by atoms with E-state index in [4.69, 9.17) is 0 Å². The van der Waals surface area contributed by atoms with Crippen molar-refractivity contribution in [2.24, 2.45) is 0 Å². The minimum atomic E-state index is -0.147.